The molecule has 1 fully saturated rings. The number of aromatic hydroxyl groups is 1. The van der Waals surface area contributed by atoms with Crippen molar-refractivity contribution in [2.75, 3.05) is 31.1 Å². The van der Waals surface area contributed by atoms with Crippen molar-refractivity contribution in [3.05, 3.63) is 90.0 Å². The minimum Gasteiger partial charge on any atom is -0.508 e. The average Bonchev–Trinajstić information content (AvgIpc) is 2.79. The Morgan fingerprint density at radius 3 is 2.14 bits per heavy atom. The first-order valence-corrected chi connectivity index (χ1v) is 10.8. The van der Waals surface area contributed by atoms with Crippen molar-refractivity contribution < 1.29 is 9.90 Å². The van der Waals surface area contributed by atoms with Gasteiger partial charge < -0.3 is 14.9 Å². The summed E-state index contributed by atoms with van der Waals surface area (Å²) in [5.74, 6) is 1.26. The second-order valence-corrected chi connectivity index (χ2v) is 8.14. The number of piperazine rings is 1. The lowest BCUT2D eigenvalue weighted by molar-refractivity contribution is 0.0747. The summed E-state index contributed by atoms with van der Waals surface area (Å²) in [6, 6.07) is 25.6. The van der Waals surface area contributed by atoms with Crippen molar-refractivity contribution in [2.24, 2.45) is 0 Å². The number of rotatable bonds is 5. The molecule has 0 aliphatic carbocycles. The maximum atomic E-state index is 12.8. The van der Waals surface area contributed by atoms with Crippen molar-refractivity contribution >= 4 is 23.4 Å². The van der Waals surface area contributed by atoms with Gasteiger partial charge in [-0.25, -0.2) is 0 Å². The van der Waals surface area contributed by atoms with Crippen LogP contribution in [-0.4, -0.2) is 42.1 Å². The Kier molecular flexibility index (Phi) is 6.06. The molecule has 1 aliphatic heterocycles. The predicted octanol–water partition coefficient (Wildman–Crippen LogP) is 4.65. The Morgan fingerprint density at radius 1 is 0.828 bits per heavy atom. The third kappa shape index (κ3) is 4.93. The SMILES string of the molecule is O=C(c1ccc(CSc2ccccc2)cc1)N1CCN(c2ccc(O)cc2)CC1. The highest BCUT2D eigenvalue weighted by Crippen LogP contribution is 2.23. The van der Waals surface area contributed by atoms with Crippen LogP contribution in [0.5, 0.6) is 5.75 Å². The fraction of sp³-hybridized carbons (Fsp3) is 0.208. The number of phenolic OH excluding ortho intramolecular Hbond substituents is 1. The lowest BCUT2D eigenvalue weighted by Crippen LogP contribution is -2.48. The lowest BCUT2D eigenvalue weighted by Gasteiger charge is -2.36. The van der Waals surface area contributed by atoms with E-state index in [1.54, 1.807) is 23.9 Å². The van der Waals surface area contributed by atoms with Crippen molar-refractivity contribution in [2.45, 2.75) is 10.6 Å². The minimum atomic E-state index is 0.0950. The number of carbonyl (C=O) groups excluding carboxylic acids is 1. The van der Waals surface area contributed by atoms with Crippen LogP contribution in [0.2, 0.25) is 0 Å². The average molecular weight is 405 g/mol. The number of benzene rings is 3. The van der Waals surface area contributed by atoms with Gasteiger partial charge in [-0.1, -0.05) is 30.3 Å². The van der Waals surface area contributed by atoms with E-state index in [1.165, 1.54) is 10.5 Å². The van der Waals surface area contributed by atoms with Gasteiger partial charge in [0.25, 0.3) is 5.91 Å². The normalized spacial score (nSPS) is 14.1. The fourth-order valence-electron chi connectivity index (χ4n) is 3.44. The zero-order valence-electron chi connectivity index (χ0n) is 16.2. The Labute approximate surface area is 175 Å². The molecule has 0 radical (unpaired) electrons. The van der Waals surface area contributed by atoms with Crippen molar-refractivity contribution in [3.63, 3.8) is 0 Å². The van der Waals surface area contributed by atoms with E-state index in [1.807, 2.05) is 47.4 Å². The molecular weight excluding hydrogens is 380 g/mol. The standard InChI is InChI=1S/C24H24N2O2S/c27-22-12-10-21(11-13-22)25-14-16-26(17-15-25)24(28)20-8-6-19(7-9-20)18-29-23-4-2-1-3-5-23/h1-13,27H,14-18H2. The van der Waals surface area contributed by atoms with Gasteiger partial charge in [0.1, 0.15) is 5.75 Å². The Morgan fingerprint density at radius 2 is 1.48 bits per heavy atom. The Hall–Kier alpha value is -2.92. The maximum absolute atomic E-state index is 12.8. The van der Waals surface area contributed by atoms with Gasteiger partial charge in [0.15, 0.2) is 0 Å². The van der Waals surface area contributed by atoms with E-state index in [0.717, 1.165) is 30.1 Å². The number of anilines is 1. The summed E-state index contributed by atoms with van der Waals surface area (Å²) in [5, 5.41) is 9.43. The molecule has 29 heavy (non-hydrogen) atoms. The van der Waals surface area contributed by atoms with Crippen LogP contribution in [0.4, 0.5) is 5.69 Å². The highest BCUT2D eigenvalue weighted by atomic mass is 32.2. The Bertz CT molecular complexity index is 935. The van der Waals surface area contributed by atoms with Crippen LogP contribution < -0.4 is 4.90 Å². The first-order valence-electron chi connectivity index (χ1n) is 9.79. The largest absolute Gasteiger partial charge is 0.508 e. The Balaban J connectivity index is 1.31. The summed E-state index contributed by atoms with van der Waals surface area (Å²) in [6.45, 7) is 2.99. The molecule has 148 valence electrons. The van der Waals surface area contributed by atoms with Gasteiger partial charge in [-0.2, -0.15) is 0 Å². The molecule has 5 heteroatoms. The smallest absolute Gasteiger partial charge is 0.253 e. The molecule has 0 aromatic heterocycles. The van der Waals surface area contributed by atoms with Crippen LogP contribution in [0.15, 0.2) is 83.8 Å². The first kappa shape index (κ1) is 19.4. The highest BCUT2D eigenvalue weighted by molar-refractivity contribution is 7.98. The minimum absolute atomic E-state index is 0.0950. The lowest BCUT2D eigenvalue weighted by atomic mass is 10.1. The molecule has 1 amide bonds. The van der Waals surface area contributed by atoms with E-state index >= 15 is 0 Å². The first-order chi connectivity index (χ1) is 14.2. The van der Waals surface area contributed by atoms with Gasteiger partial charge >= 0.3 is 0 Å². The summed E-state index contributed by atoms with van der Waals surface area (Å²) in [4.78, 5) is 18.3. The number of hydrogen-bond acceptors (Lipinski definition) is 4. The summed E-state index contributed by atoms with van der Waals surface area (Å²) in [5.41, 5.74) is 3.04. The molecule has 1 heterocycles. The monoisotopic (exact) mass is 404 g/mol. The quantitative estimate of drug-likeness (QED) is 0.629. The van der Waals surface area contributed by atoms with Crippen LogP contribution >= 0.6 is 11.8 Å². The molecule has 1 N–H and O–H groups in total. The van der Waals surface area contributed by atoms with Crippen molar-refractivity contribution in [1.82, 2.24) is 4.90 Å². The summed E-state index contributed by atoms with van der Waals surface area (Å²) in [7, 11) is 0. The second-order valence-electron chi connectivity index (χ2n) is 7.09. The third-order valence-electron chi connectivity index (χ3n) is 5.13. The highest BCUT2D eigenvalue weighted by Gasteiger charge is 2.22. The molecular formula is C24H24N2O2S. The number of hydrogen-bond donors (Lipinski definition) is 1. The van der Waals surface area contributed by atoms with Gasteiger partial charge in [-0.15, -0.1) is 11.8 Å². The molecule has 1 aliphatic rings. The topological polar surface area (TPSA) is 43.8 Å². The van der Waals surface area contributed by atoms with Crippen molar-refractivity contribution in [3.8, 4) is 5.75 Å². The third-order valence-corrected chi connectivity index (χ3v) is 6.21. The zero-order chi connectivity index (χ0) is 20.1. The van der Waals surface area contributed by atoms with Gasteiger partial charge in [0, 0.05) is 48.1 Å². The van der Waals surface area contributed by atoms with Crippen LogP contribution in [0.25, 0.3) is 0 Å². The van der Waals surface area contributed by atoms with Crippen LogP contribution in [-0.2, 0) is 5.75 Å². The molecule has 0 atom stereocenters. The second kappa shape index (κ2) is 9.05. The number of carbonyl (C=O) groups is 1. The maximum Gasteiger partial charge on any atom is 0.253 e. The van der Waals surface area contributed by atoms with E-state index in [2.05, 4.69) is 29.2 Å². The molecule has 1 saturated heterocycles. The van der Waals surface area contributed by atoms with E-state index in [0.29, 0.717) is 13.1 Å². The fourth-order valence-corrected chi connectivity index (χ4v) is 4.32. The van der Waals surface area contributed by atoms with Crippen LogP contribution in [0.3, 0.4) is 0 Å². The summed E-state index contributed by atoms with van der Waals surface area (Å²) < 4.78 is 0. The van der Waals surface area contributed by atoms with E-state index < -0.39 is 0 Å². The molecule has 0 spiro atoms. The summed E-state index contributed by atoms with van der Waals surface area (Å²) >= 11 is 1.80. The van der Waals surface area contributed by atoms with E-state index in [-0.39, 0.29) is 11.7 Å². The molecule has 3 aromatic carbocycles. The van der Waals surface area contributed by atoms with Gasteiger partial charge in [0.2, 0.25) is 0 Å². The molecule has 4 rings (SSSR count). The molecule has 0 unspecified atom stereocenters. The van der Waals surface area contributed by atoms with Gasteiger partial charge in [-0.3, -0.25) is 4.79 Å². The van der Waals surface area contributed by atoms with E-state index in [4.69, 9.17) is 0 Å². The predicted molar refractivity (Wildman–Crippen MR) is 119 cm³/mol. The van der Waals surface area contributed by atoms with Gasteiger partial charge in [-0.05, 0) is 54.1 Å². The van der Waals surface area contributed by atoms with Gasteiger partial charge in [0.05, 0.1) is 0 Å². The van der Waals surface area contributed by atoms with Crippen LogP contribution in [0.1, 0.15) is 15.9 Å². The number of phenols is 1. The number of nitrogens with zero attached hydrogens (tertiary/aromatic N) is 2. The summed E-state index contributed by atoms with van der Waals surface area (Å²) in [6.07, 6.45) is 0. The molecule has 4 nitrogen and oxygen atoms in total. The van der Waals surface area contributed by atoms with Crippen molar-refractivity contribution in [1.29, 1.82) is 0 Å². The zero-order valence-corrected chi connectivity index (χ0v) is 17.0. The molecule has 0 bridgehead atoms. The number of thioether (sulfide) groups is 1. The van der Waals surface area contributed by atoms with Crippen LogP contribution in [0, 0.1) is 0 Å². The number of amides is 1. The van der Waals surface area contributed by atoms with E-state index in [9.17, 15) is 9.90 Å². The molecule has 0 saturated carbocycles. The molecule has 3 aromatic rings.